The molecule has 6 nitrogen and oxygen atoms in total. The molecule has 1 atom stereocenters. The monoisotopic (exact) mass is 523 g/mol. The Balaban J connectivity index is 1.83. The molecule has 0 fully saturated rings. The first kappa shape index (κ1) is 25.5. The van der Waals surface area contributed by atoms with Gasteiger partial charge in [0.2, 0.25) is 0 Å². The molecule has 190 valence electrons. The van der Waals surface area contributed by atoms with Crippen molar-refractivity contribution in [2.45, 2.75) is 36.9 Å². The molecule has 0 aromatic heterocycles. The van der Waals surface area contributed by atoms with Gasteiger partial charge in [-0.3, -0.25) is 9.10 Å². The molecular formula is C25H21F4NO5S. The summed E-state index contributed by atoms with van der Waals surface area (Å²) in [6.45, 7) is 1.43. The molecule has 1 unspecified atom stereocenters. The molecule has 36 heavy (non-hydrogen) atoms. The number of alkyl halides is 3. The number of aliphatic carboxylic acids is 1. The second-order valence-electron chi connectivity index (χ2n) is 8.40. The Bertz CT molecular complexity index is 1420. The van der Waals surface area contributed by atoms with Gasteiger partial charge in [-0.2, -0.15) is 13.2 Å². The Labute approximate surface area is 204 Å². The van der Waals surface area contributed by atoms with Gasteiger partial charge in [-0.25, -0.2) is 12.8 Å². The molecule has 1 aliphatic rings. The highest BCUT2D eigenvalue weighted by molar-refractivity contribution is 7.92. The first-order valence-electron chi connectivity index (χ1n) is 10.9. The summed E-state index contributed by atoms with van der Waals surface area (Å²) in [6.07, 6.45) is -5.95. The number of benzene rings is 3. The Hall–Kier alpha value is -3.60. The van der Waals surface area contributed by atoms with E-state index in [1.165, 1.54) is 24.3 Å². The van der Waals surface area contributed by atoms with Gasteiger partial charge < -0.3 is 9.84 Å². The van der Waals surface area contributed by atoms with Crippen LogP contribution in [0.15, 0.2) is 65.6 Å². The molecule has 4 rings (SSSR count). The van der Waals surface area contributed by atoms with Gasteiger partial charge >= 0.3 is 12.1 Å². The van der Waals surface area contributed by atoms with Gasteiger partial charge in [-0.15, -0.1) is 0 Å². The minimum Gasteiger partial charge on any atom is -0.486 e. The first-order valence-corrected chi connectivity index (χ1v) is 12.3. The number of sulfonamides is 1. The second kappa shape index (κ2) is 9.45. The number of hydrogen-bond acceptors (Lipinski definition) is 4. The van der Waals surface area contributed by atoms with Crippen molar-refractivity contribution in [2.24, 2.45) is 0 Å². The number of halogens is 4. The van der Waals surface area contributed by atoms with E-state index in [0.717, 1.165) is 28.1 Å². The van der Waals surface area contributed by atoms with Crippen LogP contribution in [-0.2, 0) is 21.0 Å². The van der Waals surface area contributed by atoms with Crippen LogP contribution in [0.1, 0.15) is 24.0 Å². The summed E-state index contributed by atoms with van der Waals surface area (Å²) in [5.74, 6) is -1.56. The average molecular weight is 524 g/mol. The number of ether oxygens (including phenoxy) is 1. The number of anilines is 1. The van der Waals surface area contributed by atoms with Crippen LogP contribution >= 0.6 is 0 Å². The summed E-state index contributed by atoms with van der Waals surface area (Å²) in [6, 6.07) is 12.2. The maximum Gasteiger partial charge on any atom is 0.416 e. The van der Waals surface area contributed by atoms with Crippen LogP contribution in [-0.4, -0.2) is 32.1 Å². The predicted octanol–water partition coefficient (Wildman–Crippen LogP) is 5.64. The summed E-state index contributed by atoms with van der Waals surface area (Å²) in [4.78, 5) is 10.5. The summed E-state index contributed by atoms with van der Waals surface area (Å²) in [7, 11) is -4.53. The van der Waals surface area contributed by atoms with E-state index in [1.54, 1.807) is 19.1 Å². The number of carboxylic acids is 1. The molecule has 11 heteroatoms. The summed E-state index contributed by atoms with van der Waals surface area (Å²) in [5, 5.41) is 9.03. The van der Waals surface area contributed by atoms with Gasteiger partial charge in [-0.05, 0) is 61.4 Å². The maximum absolute atomic E-state index is 14.6. The smallest absolute Gasteiger partial charge is 0.416 e. The highest BCUT2D eigenvalue weighted by Gasteiger charge is 2.37. The molecule has 1 aliphatic heterocycles. The van der Waals surface area contributed by atoms with Crippen LogP contribution in [0.25, 0.3) is 11.1 Å². The molecule has 0 radical (unpaired) electrons. The van der Waals surface area contributed by atoms with E-state index >= 15 is 0 Å². The van der Waals surface area contributed by atoms with E-state index in [1.807, 2.05) is 0 Å². The van der Waals surface area contributed by atoms with Gasteiger partial charge in [0.15, 0.2) is 0 Å². The van der Waals surface area contributed by atoms with Crippen LogP contribution in [0.4, 0.5) is 23.2 Å². The standard InChI is InChI=1S/C25H21F4NO5S/c1-15-5-8-21(26)20(11-15)16-6-9-23-22(12-16)30(14-18(35-23)7-10-24(31)32)36(33,34)19-4-2-3-17(13-19)25(27,28)29/h2-6,8-9,11-13,18H,7,10,14H2,1H3,(H,31,32). The van der Waals surface area contributed by atoms with E-state index in [2.05, 4.69) is 0 Å². The fraction of sp³-hybridized carbons (Fsp3) is 0.240. The Morgan fingerprint density at radius 3 is 2.56 bits per heavy atom. The van der Waals surface area contributed by atoms with Crippen molar-refractivity contribution in [2.75, 3.05) is 10.8 Å². The predicted molar refractivity (Wildman–Crippen MR) is 124 cm³/mol. The summed E-state index contributed by atoms with van der Waals surface area (Å²) < 4.78 is 88.3. The van der Waals surface area contributed by atoms with E-state index in [-0.39, 0.29) is 36.4 Å². The van der Waals surface area contributed by atoms with E-state index in [0.29, 0.717) is 11.6 Å². The molecule has 0 bridgehead atoms. The fourth-order valence-corrected chi connectivity index (χ4v) is 5.51. The van der Waals surface area contributed by atoms with Gasteiger partial charge in [0.25, 0.3) is 10.0 Å². The molecule has 1 N–H and O–H groups in total. The lowest BCUT2D eigenvalue weighted by Crippen LogP contribution is -2.43. The molecule has 0 amide bonds. The van der Waals surface area contributed by atoms with Crippen LogP contribution in [0.3, 0.4) is 0 Å². The minimum absolute atomic E-state index is 0.0115. The number of carboxylic acid groups (broad SMARTS) is 1. The zero-order valence-electron chi connectivity index (χ0n) is 18.9. The third kappa shape index (κ3) is 5.15. The van der Waals surface area contributed by atoms with Crippen molar-refractivity contribution in [1.29, 1.82) is 0 Å². The summed E-state index contributed by atoms with van der Waals surface area (Å²) in [5.41, 5.74) is 0.198. The highest BCUT2D eigenvalue weighted by Crippen LogP contribution is 2.41. The van der Waals surface area contributed by atoms with E-state index in [9.17, 15) is 30.8 Å². The van der Waals surface area contributed by atoms with Crippen molar-refractivity contribution in [1.82, 2.24) is 0 Å². The van der Waals surface area contributed by atoms with Crippen molar-refractivity contribution in [3.8, 4) is 16.9 Å². The van der Waals surface area contributed by atoms with Crippen molar-refractivity contribution in [3.63, 3.8) is 0 Å². The lowest BCUT2D eigenvalue weighted by Gasteiger charge is -2.36. The molecule has 0 saturated heterocycles. The van der Waals surface area contributed by atoms with E-state index in [4.69, 9.17) is 9.84 Å². The number of hydrogen-bond donors (Lipinski definition) is 1. The third-order valence-electron chi connectivity index (χ3n) is 5.75. The van der Waals surface area contributed by atoms with Crippen molar-refractivity contribution >= 4 is 21.7 Å². The van der Waals surface area contributed by atoms with Crippen LogP contribution in [0, 0.1) is 12.7 Å². The van der Waals surface area contributed by atoms with E-state index < -0.39 is 44.5 Å². The molecule has 3 aromatic carbocycles. The number of nitrogens with zero attached hydrogens (tertiary/aromatic N) is 1. The Morgan fingerprint density at radius 1 is 1.11 bits per heavy atom. The SMILES string of the molecule is Cc1ccc(F)c(-c2ccc3c(c2)N(S(=O)(=O)c2cccc(C(F)(F)F)c2)CC(CCC(=O)O)O3)c1. The lowest BCUT2D eigenvalue weighted by atomic mass is 10.0. The molecule has 0 saturated carbocycles. The van der Waals surface area contributed by atoms with Crippen molar-refractivity contribution < 1.29 is 40.6 Å². The average Bonchev–Trinajstić information content (AvgIpc) is 2.83. The number of aryl methyl sites for hydroxylation is 1. The highest BCUT2D eigenvalue weighted by atomic mass is 32.2. The number of fused-ring (bicyclic) bond motifs is 1. The van der Waals surface area contributed by atoms with Crippen LogP contribution in [0.5, 0.6) is 5.75 Å². The fourth-order valence-electron chi connectivity index (χ4n) is 3.96. The zero-order valence-corrected chi connectivity index (χ0v) is 19.7. The third-order valence-corrected chi connectivity index (χ3v) is 7.53. The number of rotatable bonds is 6. The largest absolute Gasteiger partial charge is 0.486 e. The normalized spacial score (nSPS) is 15.8. The quantitative estimate of drug-likeness (QED) is 0.423. The maximum atomic E-state index is 14.6. The Morgan fingerprint density at radius 2 is 1.86 bits per heavy atom. The van der Waals surface area contributed by atoms with Gasteiger partial charge in [0, 0.05) is 12.0 Å². The minimum atomic E-state index is -4.76. The number of carbonyl (C=O) groups is 1. The Kier molecular flexibility index (Phi) is 6.70. The van der Waals surface area contributed by atoms with Crippen LogP contribution in [0.2, 0.25) is 0 Å². The molecular weight excluding hydrogens is 502 g/mol. The molecule has 0 spiro atoms. The van der Waals surface area contributed by atoms with Gasteiger partial charge in [0.05, 0.1) is 22.7 Å². The van der Waals surface area contributed by atoms with Crippen molar-refractivity contribution in [3.05, 3.63) is 77.6 Å². The topological polar surface area (TPSA) is 83.9 Å². The first-order chi connectivity index (χ1) is 16.9. The van der Waals surface area contributed by atoms with Crippen LogP contribution < -0.4 is 9.04 Å². The van der Waals surface area contributed by atoms with Gasteiger partial charge in [-0.1, -0.05) is 23.8 Å². The van der Waals surface area contributed by atoms with Gasteiger partial charge in [0.1, 0.15) is 17.7 Å². The second-order valence-corrected chi connectivity index (χ2v) is 10.3. The lowest BCUT2D eigenvalue weighted by molar-refractivity contribution is -0.138. The molecule has 0 aliphatic carbocycles. The summed E-state index contributed by atoms with van der Waals surface area (Å²) >= 11 is 0. The molecule has 1 heterocycles. The molecule has 3 aromatic rings. The zero-order chi connectivity index (χ0) is 26.3.